The lowest BCUT2D eigenvalue weighted by Gasteiger charge is -2.42. The molecule has 0 spiro atoms. The van der Waals surface area contributed by atoms with Crippen LogP contribution in [0.25, 0.3) is 0 Å². The Morgan fingerprint density at radius 3 is 2.62 bits per heavy atom. The summed E-state index contributed by atoms with van der Waals surface area (Å²) in [7, 11) is 0. The van der Waals surface area contributed by atoms with E-state index in [0.717, 1.165) is 19.3 Å². The fraction of sp³-hybridized carbons (Fsp3) is 0.800. The summed E-state index contributed by atoms with van der Waals surface area (Å²) in [6.07, 6.45) is 4.28. The molecule has 1 saturated carbocycles. The number of carbonyl (C=O) groups is 1. The van der Waals surface area contributed by atoms with Crippen LogP contribution < -0.4 is 5.32 Å². The summed E-state index contributed by atoms with van der Waals surface area (Å²) >= 11 is 0. The van der Waals surface area contributed by atoms with Crippen molar-refractivity contribution in [1.29, 1.82) is 5.26 Å². The van der Waals surface area contributed by atoms with Crippen molar-refractivity contribution in [3.05, 3.63) is 0 Å². The Morgan fingerprint density at radius 2 is 2.31 bits per heavy atom. The topological polar surface area (TPSA) is 52.9 Å². The van der Waals surface area contributed by atoms with E-state index >= 15 is 0 Å². The highest BCUT2D eigenvalue weighted by molar-refractivity contribution is 5.81. The number of hydrogen-bond donors (Lipinski definition) is 1. The third-order valence-corrected chi connectivity index (χ3v) is 2.96. The molecule has 1 amide bonds. The minimum atomic E-state index is -0.524. The largest absolute Gasteiger partial charge is 0.350 e. The minimum absolute atomic E-state index is 0.0161. The number of nitriles is 1. The number of nitrogens with one attached hydrogen (secondary N) is 1. The second kappa shape index (κ2) is 3.78. The molecule has 0 aliphatic heterocycles. The van der Waals surface area contributed by atoms with Crippen molar-refractivity contribution in [2.75, 3.05) is 0 Å². The van der Waals surface area contributed by atoms with Gasteiger partial charge in [-0.15, -0.1) is 0 Å². The van der Waals surface area contributed by atoms with E-state index in [0.29, 0.717) is 0 Å². The molecule has 3 heteroatoms. The van der Waals surface area contributed by atoms with Crippen LogP contribution in [-0.4, -0.2) is 11.4 Å². The van der Waals surface area contributed by atoms with E-state index in [1.54, 1.807) is 6.92 Å². The maximum atomic E-state index is 11.4. The zero-order valence-electron chi connectivity index (χ0n) is 8.26. The van der Waals surface area contributed by atoms with Crippen molar-refractivity contribution in [3.63, 3.8) is 0 Å². The SMILES string of the molecule is CCC1(NC(=O)C(C)C#N)CCC1. The molecule has 1 rings (SSSR count). The smallest absolute Gasteiger partial charge is 0.237 e. The monoisotopic (exact) mass is 180 g/mol. The van der Waals surface area contributed by atoms with Gasteiger partial charge in [0.2, 0.25) is 5.91 Å². The zero-order valence-corrected chi connectivity index (χ0v) is 8.26. The molecule has 1 aliphatic rings. The summed E-state index contributed by atoms with van der Waals surface area (Å²) in [5.41, 5.74) is 0.0161. The van der Waals surface area contributed by atoms with E-state index in [4.69, 9.17) is 5.26 Å². The molecule has 1 fully saturated rings. The number of rotatable bonds is 3. The number of nitrogens with zero attached hydrogens (tertiary/aromatic N) is 1. The Labute approximate surface area is 79.1 Å². The van der Waals surface area contributed by atoms with Gasteiger partial charge in [0.1, 0.15) is 5.92 Å². The van der Waals surface area contributed by atoms with Gasteiger partial charge < -0.3 is 5.32 Å². The van der Waals surface area contributed by atoms with E-state index < -0.39 is 5.92 Å². The second-order valence-corrected chi connectivity index (χ2v) is 3.83. The van der Waals surface area contributed by atoms with Crippen molar-refractivity contribution in [1.82, 2.24) is 5.32 Å². The van der Waals surface area contributed by atoms with Crippen LogP contribution in [0.4, 0.5) is 0 Å². The minimum Gasteiger partial charge on any atom is -0.350 e. The third kappa shape index (κ3) is 2.00. The molecule has 0 aromatic carbocycles. The molecule has 1 unspecified atom stereocenters. The number of amides is 1. The molecule has 0 aromatic rings. The quantitative estimate of drug-likeness (QED) is 0.717. The van der Waals surface area contributed by atoms with Crippen molar-refractivity contribution in [3.8, 4) is 6.07 Å². The summed E-state index contributed by atoms with van der Waals surface area (Å²) in [4.78, 5) is 11.4. The highest BCUT2D eigenvalue weighted by Gasteiger charge is 2.37. The van der Waals surface area contributed by atoms with Gasteiger partial charge in [-0.05, 0) is 32.6 Å². The molecular weight excluding hydrogens is 164 g/mol. The first kappa shape index (κ1) is 10.0. The fourth-order valence-corrected chi connectivity index (χ4v) is 1.60. The van der Waals surface area contributed by atoms with E-state index in [1.165, 1.54) is 6.42 Å². The molecule has 1 aliphatic carbocycles. The van der Waals surface area contributed by atoms with Crippen LogP contribution in [0, 0.1) is 17.2 Å². The van der Waals surface area contributed by atoms with Gasteiger partial charge >= 0.3 is 0 Å². The Kier molecular flexibility index (Phi) is 2.92. The average molecular weight is 180 g/mol. The first-order valence-corrected chi connectivity index (χ1v) is 4.85. The Morgan fingerprint density at radius 1 is 1.69 bits per heavy atom. The van der Waals surface area contributed by atoms with E-state index in [2.05, 4.69) is 12.2 Å². The number of carbonyl (C=O) groups excluding carboxylic acids is 1. The van der Waals surface area contributed by atoms with Crippen LogP contribution in [-0.2, 0) is 4.79 Å². The van der Waals surface area contributed by atoms with Crippen LogP contribution in [0.5, 0.6) is 0 Å². The molecule has 3 nitrogen and oxygen atoms in total. The van der Waals surface area contributed by atoms with Crippen LogP contribution in [0.15, 0.2) is 0 Å². The first-order valence-electron chi connectivity index (χ1n) is 4.85. The highest BCUT2D eigenvalue weighted by Crippen LogP contribution is 2.34. The lowest BCUT2D eigenvalue weighted by Crippen LogP contribution is -2.54. The van der Waals surface area contributed by atoms with Gasteiger partial charge in [0.05, 0.1) is 6.07 Å². The van der Waals surface area contributed by atoms with Gasteiger partial charge in [-0.25, -0.2) is 0 Å². The molecule has 1 atom stereocenters. The number of hydrogen-bond acceptors (Lipinski definition) is 2. The summed E-state index contributed by atoms with van der Waals surface area (Å²) in [5.74, 6) is -0.645. The van der Waals surface area contributed by atoms with Gasteiger partial charge in [-0.2, -0.15) is 5.26 Å². The zero-order chi connectivity index (χ0) is 9.90. The van der Waals surface area contributed by atoms with Crippen LogP contribution in [0.3, 0.4) is 0 Å². The van der Waals surface area contributed by atoms with Crippen LogP contribution in [0.2, 0.25) is 0 Å². The molecule has 0 aromatic heterocycles. The summed E-state index contributed by atoms with van der Waals surface area (Å²) in [6.45, 7) is 3.72. The maximum absolute atomic E-state index is 11.4. The molecule has 13 heavy (non-hydrogen) atoms. The Balaban J connectivity index is 2.48. The van der Waals surface area contributed by atoms with Crippen molar-refractivity contribution < 1.29 is 4.79 Å². The molecule has 72 valence electrons. The van der Waals surface area contributed by atoms with Crippen molar-refractivity contribution in [2.45, 2.75) is 45.1 Å². The van der Waals surface area contributed by atoms with E-state index in [9.17, 15) is 4.79 Å². The van der Waals surface area contributed by atoms with Crippen LogP contribution in [0.1, 0.15) is 39.5 Å². The predicted molar refractivity (Wildman–Crippen MR) is 49.8 cm³/mol. The Bertz CT molecular complexity index is 232. The van der Waals surface area contributed by atoms with Crippen molar-refractivity contribution in [2.24, 2.45) is 5.92 Å². The lowest BCUT2D eigenvalue weighted by molar-refractivity contribution is -0.126. The fourth-order valence-electron chi connectivity index (χ4n) is 1.60. The normalized spacial score (nSPS) is 21.0. The van der Waals surface area contributed by atoms with Crippen LogP contribution >= 0.6 is 0 Å². The van der Waals surface area contributed by atoms with E-state index in [1.807, 2.05) is 6.07 Å². The Hall–Kier alpha value is -1.04. The summed E-state index contributed by atoms with van der Waals surface area (Å²) in [6, 6.07) is 1.95. The van der Waals surface area contributed by atoms with Gasteiger partial charge in [0.25, 0.3) is 0 Å². The van der Waals surface area contributed by atoms with Gasteiger partial charge in [0.15, 0.2) is 0 Å². The van der Waals surface area contributed by atoms with Gasteiger partial charge in [0, 0.05) is 5.54 Å². The third-order valence-electron chi connectivity index (χ3n) is 2.96. The molecule has 0 radical (unpaired) electrons. The lowest BCUT2D eigenvalue weighted by atomic mass is 9.74. The standard InChI is InChI=1S/C10H16N2O/c1-3-10(5-4-6-10)12-9(13)8(2)7-11/h8H,3-6H2,1-2H3,(H,12,13). The first-order chi connectivity index (χ1) is 6.13. The molecule has 0 bridgehead atoms. The molecule has 1 N–H and O–H groups in total. The van der Waals surface area contributed by atoms with Crippen molar-refractivity contribution >= 4 is 5.91 Å². The highest BCUT2D eigenvalue weighted by atomic mass is 16.2. The average Bonchev–Trinajstić information content (AvgIpc) is 2.09. The summed E-state index contributed by atoms with van der Waals surface area (Å²) < 4.78 is 0. The molecule has 0 heterocycles. The summed E-state index contributed by atoms with van der Waals surface area (Å²) in [5, 5.41) is 11.5. The van der Waals surface area contributed by atoms with Gasteiger partial charge in [-0.3, -0.25) is 4.79 Å². The second-order valence-electron chi connectivity index (χ2n) is 3.83. The van der Waals surface area contributed by atoms with E-state index in [-0.39, 0.29) is 11.4 Å². The van der Waals surface area contributed by atoms with Gasteiger partial charge in [-0.1, -0.05) is 6.92 Å². The molecular formula is C10H16N2O. The predicted octanol–water partition coefficient (Wildman–Crippen LogP) is 1.59. The maximum Gasteiger partial charge on any atom is 0.237 e. The molecule has 0 saturated heterocycles.